The Balaban J connectivity index is 2.01. The minimum atomic E-state index is 0.658. The SMILES string of the molecule is Cc1csc(CNc2nn(C)cc2N)n1. The molecule has 0 saturated carbocycles. The van der Waals surface area contributed by atoms with Gasteiger partial charge in [0.05, 0.1) is 12.2 Å². The fourth-order valence-corrected chi connectivity index (χ4v) is 2.00. The predicted octanol–water partition coefficient (Wildman–Crippen LogP) is 1.38. The van der Waals surface area contributed by atoms with E-state index >= 15 is 0 Å². The average molecular weight is 223 g/mol. The van der Waals surface area contributed by atoms with Crippen molar-refractivity contribution >= 4 is 22.8 Å². The van der Waals surface area contributed by atoms with Crippen LogP contribution in [0.3, 0.4) is 0 Å². The van der Waals surface area contributed by atoms with Crippen molar-refractivity contribution in [2.24, 2.45) is 7.05 Å². The molecule has 3 N–H and O–H groups in total. The highest BCUT2D eigenvalue weighted by Gasteiger charge is 2.04. The third-order valence-corrected chi connectivity index (χ3v) is 2.90. The molecule has 2 aromatic heterocycles. The molecule has 15 heavy (non-hydrogen) atoms. The molecule has 2 aromatic rings. The summed E-state index contributed by atoms with van der Waals surface area (Å²) in [4.78, 5) is 4.34. The molecule has 0 aliphatic rings. The van der Waals surface area contributed by atoms with Gasteiger partial charge in [0.15, 0.2) is 5.82 Å². The van der Waals surface area contributed by atoms with E-state index in [1.807, 2.05) is 19.4 Å². The Morgan fingerprint density at radius 2 is 2.40 bits per heavy atom. The number of thiazole rings is 1. The number of hydrogen-bond acceptors (Lipinski definition) is 5. The molecule has 0 aliphatic heterocycles. The molecule has 0 amide bonds. The minimum Gasteiger partial charge on any atom is -0.394 e. The van der Waals surface area contributed by atoms with Crippen LogP contribution in [0, 0.1) is 6.92 Å². The zero-order valence-electron chi connectivity index (χ0n) is 8.69. The van der Waals surface area contributed by atoms with E-state index in [1.165, 1.54) is 0 Å². The quantitative estimate of drug-likeness (QED) is 0.824. The van der Waals surface area contributed by atoms with Crippen molar-refractivity contribution in [1.82, 2.24) is 14.8 Å². The number of aryl methyl sites for hydroxylation is 2. The second-order valence-electron chi connectivity index (χ2n) is 3.34. The van der Waals surface area contributed by atoms with Crippen molar-refractivity contribution in [2.75, 3.05) is 11.1 Å². The molecule has 0 unspecified atom stereocenters. The van der Waals surface area contributed by atoms with E-state index in [4.69, 9.17) is 5.73 Å². The summed E-state index contributed by atoms with van der Waals surface area (Å²) in [6.07, 6.45) is 1.77. The number of anilines is 2. The van der Waals surface area contributed by atoms with Crippen LogP contribution in [-0.2, 0) is 13.6 Å². The van der Waals surface area contributed by atoms with E-state index in [1.54, 1.807) is 22.2 Å². The summed E-state index contributed by atoms with van der Waals surface area (Å²) in [5.74, 6) is 0.713. The molecule has 6 heteroatoms. The van der Waals surface area contributed by atoms with Gasteiger partial charge in [0.25, 0.3) is 0 Å². The lowest BCUT2D eigenvalue weighted by atomic mass is 10.5. The van der Waals surface area contributed by atoms with Crippen molar-refractivity contribution < 1.29 is 0 Å². The third-order valence-electron chi connectivity index (χ3n) is 1.93. The molecule has 0 aromatic carbocycles. The van der Waals surface area contributed by atoms with Crippen molar-refractivity contribution in [1.29, 1.82) is 0 Å². The maximum atomic E-state index is 5.75. The third kappa shape index (κ3) is 2.27. The summed E-state index contributed by atoms with van der Waals surface area (Å²) in [6.45, 7) is 2.65. The highest BCUT2D eigenvalue weighted by Crippen LogP contribution is 2.16. The van der Waals surface area contributed by atoms with Gasteiger partial charge in [-0.2, -0.15) is 5.10 Å². The summed E-state index contributed by atoms with van der Waals surface area (Å²) in [5.41, 5.74) is 7.45. The second kappa shape index (κ2) is 3.90. The monoisotopic (exact) mass is 223 g/mol. The van der Waals surface area contributed by atoms with Gasteiger partial charge in [-0.1, -0.05) is 0 Å². The molecule has 0 spiro atoms. The average Bonchev–Trinajstić information content (AvgIpc) is 2.70. The smallest absolute Gasteiger partial charge is 0.171 e. The first-order chi connectivity index (χ1) is 7.15. The number of nitrogens with zero attached hydrogens (tertiary/aromatic N) is 3. The zero-order chi connectivity index (χ0) is 10.8. The molecule has 0 radical (unpaired) electrons. The molecule has 2 heterocycles. The number of nitrogens with one attached hydrogen (secondary N) is 1. The fourth-order valence-electron chi connectivity index (χ4n) is 1.29. The van der Waals surface area contributed by atoms with E-state index in [9.17, 15) is 0 Å². The topological polar surface area (TPSA) is 68.8 Å². The maximum absolute atomic E-state index is 5.75. The summed E-state index contributed by atoms with van der Waals surface area (Å²) >= 11 is 1.63. The van der Waals surface area contributed by atoms with E-state index in [0.717, 1.165) is 10.7 Å². The molecule has 80 valence electrons. The van der Waals surface area contributed by atoms with Crippen LogP contribution in [0.25, 0.3) is 0 Å². The van der Waals surface area contributed by atoms with Gasteiger partial charge in [-0.15, -0.1) is 11.3 Å². The molecule has 5 nitrogen and oxygen atoms in total. The Labute approximate surface area is 91.9 Å². The Kier molecular flexibility index (Phi) is 2.59. The highest BCUT2D eigenvalue weighted by atomic mass is 32.1. The molecule has 0 aliphatic carbocycles. The Morgan fingerprint density at radius 1 is 1.60 bits per heavy atom. The summed E-state index contributed by atoms with van der Waals surface area (Å²) in [6, 6.07) is 0. The zero-order valence-corrected chi connectivity index (χ0v) is 9.51. The van der Waals surface area contributed by atoms with Gasteiger partial charge < -0.3 is 11.1 Å². The molecule has 0 atom stereocenters. The summed E-state index contributed by atoms with van der Waals surface area (Å²) in [5, 5.41) is 10.4. The van der Waals surface area contributed by atoms with Crippen molar-refractivity contribution in [2.45, 2.75) is 13.5 Å². The highest BCUT2D eigenvalue weighted by molar-refractivity contribution is 7.09. The van der Waals surface area contributed by atoms with Crippen LogP contribution in [0.1, 0.15) is 10.7 Å². The van der Waals surface area contributed by atoms with Gasteiger partial charge in [-0.05, 0) is 6.92 Å². The van der Waals surface area contributed by atoms with Crippen molar-refractivity contribution in [3.63, 3.8) is 0 Å². The number of nitrogens with two attached hydrogens (primary N) is 1. The van der Waals surface area contributed by atoms with Crippen LogP contribution in [0.2, 0.25) is 0 Å². The van der Waals surface area contributed by atoms with Crippen molar-refractivity contribution in [3.8, 4) is 0 Å². The largest absolute Gasteiger partial charge is 0.394 e. The van der Waals surface area contributed by atoms with Crippen molar-refractivity contribution in [3.05, 3.63) is 22.3 Å². The van der Waals surface area contributed by atoms with Crippen LogP contribution in [0.4, 0.5) is 11.5 Å². The van der Waals surface area contributed by atoms with Gasteiger partial charge in [-0.25, -0.2) is 4.98 Å². The fraction of sp³-hybridized carbons (Fsp3) is 0.333. The predicted molar refractivity (Wildman–Crippen MR) is 61.8 cm³/mol. The van der Waals surface area contributed by atoms with Gasteiger partial charge in [0.1, 0.15) is 5.01 Å². The van der Waals surface area contributed by atoms with Crippen LogP contribution in [0.5, 0.6) is 0 Å². The number of hydrogen-bond donors (Lipinski definition) is 2. The number of aromatic nitrogens is 3. The lowest BCUT2D eigenvalue weighted by Crippen LogP contribution is -2.02. The standard InChI is InChI=1S/C9H13N5S/c1-6-5-15-8(12-6)3-11-9-7(10)4-14(2)13-9/h4-5H,3,10H2,1-2H3,(H,11,13). The van der Waals surface area contributed by atoms with Crippen LogP contribution < -0.4 is 11.1 Å². The summed E-state index contributed by atoms with van der Waals surface area (Å²) < 4.78 is 1.69. The van der Waals surface area contributed by atoms with Gasteiger partial charge >= 0.3 is 0 Å². The lowest BCUT2D eigenvalue weighted by Gasteiger charge is -2.00. The molecule has 2 rings (SSSR count). The normalized spacial score (nSPS) is 10.5. The van der Waals surface area contributed by atoms with E-state index in [0.29, 0.717) is 18.1 Å². The minimum absolute atomic E-state index is 0.658. The number of rotatable bonds is 3. The first kappa shape index (κ1) is 9.97. The Bertz CT molecular complexity index is 459. The van der Waals surface area contributed by atoms with Gasteiger partial charge in [0, 0.05) is 24.3 Å². The van der Waals surface area contributed by atoms with Gasteiger partial charge in [-0.3, -0.25) is 4.68 Å². The van der Waals surface area contributed by atoms with E-state index in [2.05, 4.69) is 15.4 Å². The molecule has 0 saturated heterocycles. The van der Waals surface area contributed by atoms with Crippen LogP contribution >= 0.6 is 11.3 Å². The Hall–Kier alpha value is -1.56. The van der Waals surface area contributed by atoms with Crippen LogP contribution in [-0.4, -0.2) is 14.8 Å². The van der Waals surface area contributed by atoms with E-state index < -0.39 is 0 Å². The van der Waals surface area contributed by atoms with Gasteiger partial charge in [0.2, 0.25) is 0 Å². The molecular formula is C9H13N5S. The maximum Gasteiger partial charge on any atom is 0.171 e. The lowest BCUT2D eigenvalue weighted by molar-refractivity contribution is 0.768. The van der Waals surface area contributed by atoms with Crippen LogP contribution in [0.15, 0.2) is 11.6 Å². The first-order valence-electron chi connectivity index (χ1n) is 4.59. The second-order valence-corrected chi connectivity index (χ2v) is 4.29. The molecular weight excluding hydrogens is 210 g/mol. The Morgan fingerprint density at radius 3 is 2.93 bits per heavy atom. The first-order valence-corrected chi connectivity index (χ1v) is 5.47. The summed E-state index contributed by atoms with van der Waals surface area (Å²) in [7, 11) is 1.84. The molecule has 0 bridgehead atoms. The molecule has 0 fully saturated rings. The van der Waals surface area contributed by atoms with E-state index in [-0.39, 0.29) is 0 Å². The number of nitrogen functional groups attached to an aromatic ring is 1.